The van der Waals surface area contributed by atoms with Gasteiger partial charge < -0.3 is 10.6 Å². The highest BCUT2D eigenvalue weighted by Gasteiger charge is 2.19. The third kappa shape index (κ3) is 3.25. The second-order valence-corrected chi connectivity index (χ2v) is 5.55. The molecule has 0 aromatic carbocycles. The van der Waals surface area contributed by atoms with Gasteiger partial charge in [-0.25, -0.2) is 0 Å². The molecule has 7 heteroatoms. The van der Waals surface area contributed by atoms with Gasteiger partial charge >= 0.3 is 0 Å². The molecule has 1 aliphatic heterocycles. The van der Waals surface area contributed by atoms with Crippen molar-refractivity contribution in [3.05, 3.63) is 46.0 Å². The van der Waals surface area contributed by atoms with Crippen molar-refractivity contribution in [2.45, 2.75) is 13.5 Å². The summed E-state index contributed by atoms with van der Waals surface area (Å²) in [6, 6.07) is 3.57. The minimum Gasteiger partial charge on any atom is -0.369 e. The van der Waals surface area contributed by atoms with Crippen LogP contribution >= 0.6 is 0 Å². The molecule has 0 unspecified atom stereocenters. The van der Waals surface area contributed by atoms with Crippen LogP contribution in [0.4, 0.5) is 11.8 Å². The molecule has 1 fully saturated rings. The van der Waals surface area contributed by atoms with E-state index in [1.54, 1.807) is 0 Å². The summed E-state index contributed by atoms with van der Waals surface area (Å²) in [5.74, 6) is 0.818. The van der Waals surface area contributed by atoms with Gasteiger partial charge in [0.25, 0.3) is 5.56 Å². The van der Waals surface area contributed by atoms with Crippen LogP contribution in [0.25, 0.3) is 0 Å². The second-order valence-electron chi connectivity index (χ2n) is 5.55. The molecule has 2 aromatic rings. The first-order chi connectivity index (χ1) is 10.6. The van der Waals surface area contributed by atoms with Gasteiger partial charge in [-0.2, -0.15) is 4.98 Å². The van der Waals surface area contributed by atoms with Gasteiger partial charge in [-0.1, -0.05) is 0 Å². The normalized spacial score (nSPS) is 16.0. The van der Waals surface area contributed by atoms with E-state index in [-0.39, 0.29) is 11.5 Å². The number of aryl methyl sites for hydroxylation is 1. The highest BCUT2D eigenvalue weighted by Crippen LogP contribution is 2.15. The molecule has 0 amide bonds. The lowest BCUT2D eigenvalue weighted by atomic mass is 10.1. The summed E-state index contributed by atoms with van der Waals surface area (Å²) in [4.78, 5) is 26.8. The molecule has 7 nitrogen and oxygen atoms in total. The highest BCUT2D eigenvalue weighted by atomic mass is 16.1. The van der Waals surface area contributed by atoms with Crippen molar-refractivity contribution in [2.75, 3.05) is 36.8 Å². The first-order valence-electron chi connectivity index (χ1n) is 7.35. The van der Waals surface area contributed by atoms with Crippen LogP contribution in [0.2, 0.25) is 0 Å². The number of nitrogens with two attached hydrogens (primary N) is 1. The molecular weight excluding hydrogens is 280 g/mol. The van der Waals surface area contributed by atoms with Gasteiger partial charge in [-0.3, -0.25) is 19.7 Å². The molecule has 0 bridgehead atoms. The number of nitrogens with zero attached hydrogens (tertiary/aromatic N) is 4. The average Bonchev–Trinajstić information content (AvgIpc) is 2.49. The van der Waals surface area contributed by atoms with E-state index in [1.807, 2.05) is 12.4 Å². The summed E-state index contributed by atoms with van der Waals surface area (Å²) in [5.41, 5.74) is 7.92. The van der Waals surface area contributed by atoms with Crippen LogP contribution in [0.5, 0.6) is 0 Å². The van der Waals surface area contributed by atoms with Gasteiger partial charge in [0.2, 0.25) is 5.95 Å². The summed E-state index contributed by atoms with van der Waals surface area (Å²) in [5, 5.41) is 0. The number of H-pyrrole nitrogens is 1. The third-order valence-corrected chi connectivity index (χ3v) is 3.97. The monoisotopic (exact) mass is 300 g/mol. The summed E-state index contributed by atoms with van der Waals surface area (Å²) in [6.07, 6.45) is 3.73. The number of pyridine rings is 1. The molecule has 22 heavy (non-hydrogen) atoms. The summed E-state index contributed by atoms with van der Waals surface area (Å²) in [7, 11) is 0. The molecule has 1 aliphatic rings. The van der Waals surface area contributed by atoms with Gasteiger partial charge in [0.15, 0.2) is 0 Å². The predicted octanol–water partition coefficient (Wildman–Crippen LogP) is 0.378. The Hall–Kier alpha value is -2.41. The molecule has 0 spiro atoms. The van der Waals surface area contributed by atoms with Crippen LogP contribution < -0.4 is 16.2 Å². The van der Waals surface area contributed by atoms with E-state index in [1.165, 1.54) is 17.2 Å². The Bertz CT molecular complexity index is 705. The largest absolute Gasteiger partial charge is 0.369 e. The maximum absolute atomic E-state index is 11.5. The number of hydrogen-bond acceptors (Lipinski definition) is 6. The quantitative estimate of drug-likeness (QED) is 0.851. The molecule has 1 saturated heterocycles. The molecule has 0 saturated carbocycles. The van der Waals surface area contributed by atoms with Gasteiger partial charge in [0.1, 0.15) is 5.82 Å². The summed E-state index contributed by atoms with van der Waals surface area (Å²) >= 11 is 0. The van der Waals surface area contributed by atoms with E-state index in [0.717, 1.165) is 32.7 Å². The van der Waals surface area contributed by atoms with Crippen molar-refractivity contribution in [3.8, 4) is 0 Å². The molecule has 2 aromatic heterocycles. The fourth-order valence-corrected chi connectivity index (χ4v) is 2.68. The Kier molecular flexibility index (Phi) is 4.06. The number of hydrogen-bond donors (Lipinski definition) is 2. The Morgan fingerprint density at radius 1 is 1.32 bits per heavy atom. The number of nitrogens with one attached hydrogen (secondary N) is 1. The molecule has 0 atom stereocenters. The maximum atomic E-state index is 11.5. The Morgan fingerprint density at radius 3 is 2.77 bits per heavy atom. The van der Waals surface area contributed by atoms with E-state index >= 15 is 0 Å². The minimum atomic E-state index is -0.211. The SMILES string of the molecule is Cc1cnccc1CN1CCN(c2cc(=O)[nH]c(N)n2)CC1. The zero-order chi connectivity index (χ0) is 15.5. The lowest BCUT2D eigenvalue weighted by Gasteiger charge is -2.35. The van der Waals surface area contributed by atoms with Crippen molar-refractivity contribution in [1.29, 1.82) is 0 Å². The predicted molar refractivity (Wildman–Crippen MR) is 85.7 cm³/mol. The van der Waals surface area contributed by atoms with Crippen LogP contribution in [-0.4, -0.2) is 46.0 Å². The number of rotatable bonds is 3. The number of anilines is 2. The molecule has 116 valence electrons. The molecule has 0 radical (unpaired) electrons. The fraction of sp³-hybridized carbons (Fsp3) is 0.400. The third-order valence-electron chi connectivity index (χ3n) is 3.97. The standard InChI is InChI=1S/C15H20N6O/c1-11-9-17-3-2-12(11)10-20-4-6-21(7-5-20)13-8-14(22)19-15(16)18-13/h2-3,8-9H,4-7,10H2,1H3,(H3,16,18,19,22). The summed E-state index contributed by atoms with van der Waals surface area (Å²) in [6.45, 7) is 6.53. The number of aromatic nitrogens is 3. The van der Waals surface area contributed by atoms with Gasteiger partial charge in [-0.05, 0) is 24.1 Å². The first kappa shape index (κ1) is 14.5. The fourth-order valence-electron chi connectivity index (χ4n) is 2.68. The molecule has 3 rings (SSSR count). The number of piperazine rings is 1. The van der Waals surface area contributed by atoms with Gasteiger partial charge in [-0.15, -0.1) is 0 Å². The zero-order valence-corrected chi connectivity index (χ0v) is 12.6. The topological polar surface area (TPSA) is 91.1 Å². The Labute approximate surface area is 128 Å². The van der Waals surface area contributed by atoms with Crippen molar-refractivity contribution in [1.82, 2.24) is 19.9 Å². The minimum absolute atomic E-state index is 0.164. The highest BCUT2D eigenvalue weighted by molar-refractivity contribution is 5.41. The van der Waals surface area contributed by atoms with Crippen LogP contribution in [-0.2, 0) is 6.54 Å². The number of nitrogen functional groups attached to an aromatic ring is 1. The van der Waals surface area contributed by atoms with Crippen LogP contribution in [0.3, 0.4) is 0 Å². The zero-order valence-electron chi connectivity index (χ0n) is 12.6. The smallest absolute Gasteiger partial charge is 0.254 e. The average molecular weight is 300 g/mol. The molecule has 3 heterocycles. The van der Waals surface area contributed by atoms with Crippen molar-refractivity contribution < 1.29 is 0 Å². The van der Waals surface area contributed by atoms with Crippen molar-refractivity contribution >= 4 is 11.8 Å². The molecular formula is C15H20N6O. The first-order valence-corrected chi connectivity index (χ1v) is 7.35. The van der Waals surface area contributed by atoms with Crippen molar-refractivity contribution in [3.63, 3.8) is 0 Å². The Balaban J connectivity index is 1.63. The number of aromatic amines is 1. The maximum Gasteiger partial charge on any atom is 0.254 e. The summed E-state index contributed by atoms with van der Waals surface area (Å²) < 4.78 is 0. The van der Waals surface area contributed by atoms with E-state index in [0.29, 0.717) is 5.82 Å². The van der Waals surface area contributed by atoms with E-state index < -0.39 is 0 Å². The van der Waals surface area contributed by atoms with E-state index in [4.69, 9.17) is 5.73 Å². The van der Waals surface area contributed by atoms with Crippen LogP contribution in [0.15, 0.2) is 29.3 Å². The Morgan fingerprint density at radius 2 is 2.09 bits per heavy atom. The molecule has 0 aliphatic carbocycles. The van der Waals surface area contributed by atoms with Crippen LogP contribution in [0.1, 0.15) is 11.1 Å². The van der Waals surface area contributed by atoms with Crippen molar-refractivity contribution in [2.24, 2.45) is 0 Å². The lowest BCUT2D eigenvalue weighted by molar-refractivity contribution is 0.249. The van der Waals surface area contributed by atoms with Gasteiger partial charge in [0, 0.05) is 51.2 Å². The van der Waals surface area contributed by atoms with Gasteiger partial charge in [0.05, 0.1) is 0 Å². The molecule has 3 N–H and O–H groups in total. The lowest BCUT2D eigenvalue weighted by Crippen LogP contribution is -2.46. The second kappa shape index (κ2) is 6.15. The van der Waals surface area contributed by atoms with E-state index in [2.05, 4.69) is 37.7 Å². The van der Waals surface area contributed by atoms with Crippen LogP contribution in [0, 0.1) is 6.92 Å². The van der Waals surface area contributed by atoms with E-state index in [9.17, 15) is 4.79 Å².